The van der Waals surface area contributed by atoms with Crippen LogP contribution >= 0.6 is 0 Å². The van der Waals surface area contributed by atoms with Gasteiger partial charge in [-0.15, -0.1) is 0 Å². The van der Waals surface area contributed by atoms with Crippen LogP contribution in [0.1, 0.15) is 15.9 Å². The molecule has 0 bridgehead atoms. The number of nitrogens with one attached hydrogen (secondary N) is 1. The normalized spacial score (nSPS) is 13.9. The summed E-state index contributed by atoms with van der Waals surface area (Å²) in [6.45, 7) is 1.94. The Morgan fingerprint density at radius 3 is 1.96 bits per heavy atom. The third-order valence-corrected chi connectivity index (χ3v) is 4.58. The van der Waals surface area contributed by atoms with Gasteiger partial charge in [-0.05, 0) is 17.7 Å². The largest absolute Gasteiger partial charge is 0.347 e. The Bertz CT molecular complexity index is 785. The monoisotopic (exact) mass is 365 g/mol. The SMILES string of the molecule is O=C(Cc1ccccc1)NCC(=O)N1CCN(C(=O)c2ccccc2)CC1. The van der Waals surface area contributed by atoms with Crippen LogP contribution in [-0.4, -0.2) is 60.2 Å². The summed E-state index contributed by atoms with van der Waals surface area (Å²) in [6.07, 6.45) is 0.257. The molecule has 0 radical (unpaired) electrons. The molecule has 0 spiro atoms. The summed E-state index contributed by atoms with van der Waals surface area (Å²) in [7, 11) is 0. The minimum absolute atomic E-state index is 0.0149. The van der Waals surface area contributed by atoms with Gasteiger partial charge in [0.15, 0.2) is 0 Å². The summed E-state index contributed by atoms with van der Waals surface area (Å²) in [6, 6.07) is 18.6. The Kier molecular flexibility index (Phi) is 6.20. The van der Waals surface area contributed by atoms with Crippen molar-refractivity contribution in [2.75, 3.05) is 32.7 Å². The van der Waals surface area contributed by atoms with Gasteiger partial charge < -0.3 is 15.1 Å². The molecule has 0 saturated carbocycles. The molecule has 0 aliphatic carbocycles. The molecule has 0 atom stereocenters. The minimum Gasteiger partial charge on any atom is -0.347 e. The van der Waals surface area contributed by atoms with Gasteiger partial charge in [0, 0.05) is 31.7 Å². The number of piperazine rings is 1. The van der Waals surface area contributed by atoms with E-state index in [4.69, 9.17) is 0 Å². The van der Waals surface area contributed by atoms with E-state index in [1.807, 2.05) is 48.5 Å². The number of carbonyl (C=O) groups excluding carboxylic acids is 3. The Labute approximate surface area is 158 Å². The summed E-state index contributed by atoms with van der Waals surface area (Å²) < 4.78 is 0. The molecule has 27 heavy (non-hydrogen) atoms. The van der Waals surface area contributed by atoms with E-state index in [2.05, 4.69) is 5.32 Å². The van der Waals surface area contributed by atoms with Gasteiger partial charge in [-0.25, -0.2) is 0 Å². The number of hydrogen-bond donors (Lipinski definition) is 1. The molecule has 1 saturated heterocycles. The molecule has 0 unspecified atom stereocenters. The molecule has 6 nitrogen and oxygen atoms in total. The highest BCUT2D eigenvalue weighted by Crippen LogP contribution is 2.09. The Morgan fingerprint density at radius 2 is 1.33 bits per heavy atom. The second-order valence-electron chi connectivity index (χ2n) is 6.48. The number of rotatable bonds is 5. The molecule has 140 valence electrons. The van der Waals surface area contributed by atoms with Gasteiger partial charge in [0.1, 0.15) is 0 Å². The Balaban J connectivity index is 1.42. The quantitative estimate of drug-likeness (QED) is 0.869. The fourth-order valence-electron chi connectivity index (χ4n) is 3.05. The number of hydrogen-bond acceptors (Lipinski definition) is 3. The van der Waals surface area contributed by atoms with E-state index >= 15 is 0 Å². The molecule has 1 aliphatic heterocycles. The van der Waals surface area contributed by atoms with Crippen LogP contribution in [0.15, 0.2) is 60.7 Å². The van der Waals surface area contributed by atoms with E-state index in [1.165, 1.54) is 0 Å². The average molecular weight is 365 g/mol. The van der Waals surface area contributed by atoms with E-state index in [0.29, 0.717) is 31.7 Å². The van der Waals surface area contributed by atoms with Crippen molar-refractivity contribution >= 4 is 17.7 Å². The molecular weight excluding hydrogens is 342 g/mol. The Hall–Kier alpha value is -3.15. The van der Waals surface area contributed by atoms with Crippen LogP contribution in [0.25, 0.3) is 0 Å². The predicted molar refractivity (Wildman–Crippen MR) is 102 cm³/mol. The van der Waals surface area contributed by atoms with Crippen LogP contribution in [0.2, 0.25) is 0 Å². The minimum atomic E-state index is -0.174. The third-order valence-electron chi connectivity index (χ3n) is 4.58. The lowest BCUT2D eigenvalue weighted by Crippen LogP contribution is -2.52. The lowest BCUT2D eigenvalue weighted by Gasteiger charge is -2.34. The van der Waals surface area contributed by atoms with Gasteiger partial charge in [-0.3, -0.25) is 14.4 Å². The zero-order valence-electron chi connectivity index (χ0n) is 15.1. The van der Waals surface area contributed by atoms with Crippen molar-refractivity contribution in [2.24, 2.45) is 0 Å². The zero-order valence-corrected chi connectivity index (χ0v) is 15.1. The van der Waals surface area contributed by atoms with Crippen LogP contribution < -0.4 is 5.32 Å². The fourth-order valence-corrected chi connectivity index (χ4v) is 3.05. The first-order valence-electron chi connectivity index (χ1n) is 9.06. The van der Waals surface area contributed by atoms with Crippen molar-refractivity contribution in [1.29, 1.82) is 0 Å². The number of nitrogens with zero attached hydrogens (tertiary/aromatic N) is 2. The molecule has 1 aliphatic rings. The van der Waals surface area contributed by atoms with Crippen molar-refractivity contribution in [3.8, 4) is 0 Å². The maximum absolute atomic E-state index is 12.4. The van der Waals surface area contributed by atoms with Gasteiger partial charge >= 0.3 is 0 Å². The van der Waals surface area contributed by atoms with Crippen molar-refractivity contribution in [3.05, 3.63) is 71.8 Å². The lowest BCUT2D eigenvalue weighted by molar-refractivity contribution is -0.133. The second-order valence-corrected chi connectivity index (χ2v) is 6.48. The van der Waals surface area contributed by atoms with Crippen LogP contribution in [-0.2, 0) is 16.0 Å². The lowest BCUT2D eigenvalue weighted by atomic mass is 10.1. The zero-order chi connectivity index (χ0) is 19.1. The molecule has 1 fully saturated rings. The highest BCUT2D eigenvalue weighted by Gasteiger charge is 2.24. The van der Waals surface area contributed by atoms with E-state index in [9.17, 15) is 14.4 Å². The predicted octanol–water partition coefficient (Wildman–Crippen LogP) is 1.33. The molecule has 1 heterocycles. The highest BCUT2D eigenvalue weighted by molar-refractivity contribution is 5.94. The topological polar surface area (TPSA) is 69.7 Å². The molecule has 3 amide bonds. The molecule has 3 rings (SSSR count). The fraction of sp³-hybridized carbons (Fsp3) is 0.286. The Morgan fingerprint density at radius 1 is 0.778 bits per heavy atom. The highest BCUT2D eigenvalue weighted by atomic mass is 16.2. The molecular formula is C21H23N3O3. The van der Waals surface area contributed by atoms with Crippen LogP contribution in [0.3, 0.4) is 0 Å². The molecule has 1 N–H and O–H groups in total. The van der Waals surface area contributed by atoms with E-state index in [-0.39, 0.29) is 30.7 Å². The van der Waals surface area contributed by atoms with Crippen LogP contribution in [0, 0.1) is 0 Å². The molecule has 2 aromatic rings. The van der Waals surface area contributed by atoms with Gasteiger partial charge in [-0.2, -0.15) is 0 Å². The van der Waals surface area contributed by atoms with Crippen molar-refractivity contribution < 1.29 is 14.4 Å². The summed E-state index contributed by atoms with van der Waals surface area (Å²) in [5, 5.41) is 2.68. The van der Waals surface area contributed by atoms with Gasteiger partial charge in [0.2, 0.25) is 11.8 Å². The van der Waals surface area contributed by atoms with E-state index in [0.717, 1.165) is 5.56 Å². The van der Waals surface area contributed by atoms with Gasteiger partial charge in [-0.1, -0.05) is 48.5 Å². The van der Waals surface area contributed by atoms with Crippen LogP contribution in [0.4, 0.5) is 0 Å². The standard InChI is InChI=1S/C21H23N3O3/c25-19(15-17-7-3-1-4-8-17)22-16-20(26)23-11-13-24(14-12-23)21(27)18-9-5-2-6-10-18/h1-10H,11-16H2,(H,22,25). The first-order chi connectivity index (χ1) is 13.1. The number of carbonyl (C=O) groups is 3. The van der Waals surface area contributed by atoms with Crippen LogP contribution in [0.5, 0.6) is 0 Å². The maximum Gasteiger partial charge on any atom is 0.253 e. The summed E-state index contributed by atoms with van der Waals surface area (Å²) in [4.78, 5) is 40.2. The van der Waals surface area contributed by atoms with E-state index in [1.54, 1.807) is 21.9 Å². The molecule has 0 aromatic heterocycles. The number of benzene rings is 2. The average Bonchev–Trinajstić information content (AvgIpc) is 2.73. The number of amides is 3. The molecule has 6 heteroatoms. The second kappa shape index (κ2) is 8.98. The third kappa shape index (κ3) is 5.17. The van der Waals surface area contributed by atoms with Crippen molar-refractivity contribution in [3.63, 3.8) is 0 Å². The summed E-state index contributed by atoms with van der Waals surface area (Å²) in [5.74, 6) is -0.311. The first kappa shape index (κ1) is 18.6. The van der Waals surface area contributed by atoms with Gasteiger partial charge in [0.25, 0.3) is 5.91 Å². The van der Waals surface area contributed by atoms with E-state index < -0.39 is 0 Å². The van der Waals surface area contributed by atoms with Crippen molar-refractivity contribution in [2.45, 2.75) is 6.42 Å². The first-order valence-corrected chi connectivity index (χ1v) is 9.06. The molecule has 2 aromatic carbocycles. The maximum atomic E-state index is 12.4. The smallest absolute Gasteiger partial charge is 0.253 e. The summed E-state index contributed by atoms with van der Waals surface area (Å²) in [5.41, 5.74) is 1.57. The van der Waals surface area contributed by atoms with Crippen molar-refractivity contribution in [1.82, 2.24) is 15.1 Å². The van der Waals surface area contributed by atoms with Gasteiger partial charge in [0.05, 0.1) is 13.0 Å². The summed E-state index contributed by atoms with van der Waals surface area (Å²) >= 11 is 0.